The lowest BCUT2D eigenvalue weighted by atomic mass is 9.97. The number of H-pyrrole nitrogens is 1. The highest BCUT2D eigenvalue weighted by molar-refractivity contribution is 5.19. The van der Waals surface area contributed by atoms with Crippen LogP contribution in [0.25, 0.3) is 0 Å². The van der Waals surface area contributed by atoms with Crippen molar-refractivity contribution in [2.45, 2.75) is 24.1 Å². The van der Waals surface area contributed by atoms with E-state index in [1.54, 1.807) is 5.92 Å². The average molecular weight is 271 g/mol. The molecule has 2 rings (SSSR count). The fraction of sp³-hybridized carbons (Fsp3) is 0.500. The number of nitrogens with zero attached hydrogens (tertiary/aromatic N) is 2. The predicted molar refractivity (Wildman–Crippen MR) is 58.8 cm³/mol. The number of halogens is 1. The van der Waals surface area contributed by atoms with E-state index in [1.165, 1.54) is 0 Å². The van der Waals surface area contributed by atoms with Gasteiger partial charge in [-0.3, -0.25) is 9.78 Å². The van der Waals surface area contributed by atoms with Crippen LogP contribution in [-0.2, 0) is 4.74 Å². The van der Waals surface area contributed by atoms with E-state index < -0.39 is 42.0 Å². The largest absolute Gasteiger partial charge is 0.394 e. The van der Waals surface area contributed by atoms with Crippen LogP contribution in [0, 0.1) is 12.3 Å². The molecule has 0 aromatic carbocycles. The monoisotopic (exact) mass is 271 g/mol. The first-order valence-corrected chi connectivity index (χ1v) is 5.23. The van der Waals surface area contributed by atoms with Crippen molar-refractivity contribution in [2.75, 3.05) is 6.61 Å². The Balaban J connectivity index is 2.52. The molecule has 1 fully saturated rings. The summed E-state index contributed by atoms with van der Waals surface area (Å²) in [5, 5.41) is 22.0. The van der Waals surface area contributed by atoms with Crippen molar-refractivity contribution >= 4 is 0 Å². The molecule has 8 nitrogen and oxygen atoms in total. The van der Waals surface area contributed by atoms with Crippen LogP contribution in [0.2, 0.25) is 0 Å². The van der Waals surface area contributed by atoms with Crippen molar-refractivity contribution < 1.29 is 19.3 Å². The molecule has 2 unspecified atom stereocenters. The zero-order valence-electron chi connectivity index (χ0n) is 9.49. The molecule has 1 aliphatic rings. The second kappa shape index (κ2) is 4.58. The number of aliphatic hydroxyl groups is 2. The molecule has 0 radical (unpaired) electrons. The van der Waals surface area contributed by atoms with Gasteiger partial charge in [-0.05, 0) is 0 Å². The van der Waals surface area contributed by atoms with Gasteiger partial charge >= 0.3 is 5.69 Å². The number of rotatable bonds is 2. The van der Waals surface area contributed by atoms with Crippen LogP contribution in [-0.4, -0.2) is 49.5 Å². The summed E-state index contributed by atoms with van der Waals surface area (Å²) in [6, 6.07) is 0. The number of aliphatic hydroxyl groups excluding tert-OH is 2. The molecule has 0 saturated carbocycles. The maximum atomic E-state index is 14.5. The van der Waals surface area contributed by atoms with E-state index >= 15 is 0 Å². The number of ether oxygens (including phenoxy) is 1. The quantitative estimate of drug-likeness (QED) is 0.513. The van der Waals surface area contributed by atoms with Gasteiger partial charge in [0.25, 0.3) is 5.56 Å². The molecule has 0 bridgehead atoms. The lowest BCUT2D eigenvalue weighted by Crippen LogP contribution is -2.45. The Morgan fingerprint density at radius 2 is 2.37 bits per heavy atom. The Labute approximate surface area is 105 Å². The van der Waals surface area contributed by atoms with Crippen molar-refractivity contribution in [3.63, 3.8) is 0 Å². The minimum Gasteiger partial charge on any atom is -0.394 e. The van der Waals surface area contributed by atoms with Gasteiger partial charge in [-0.1, -0.05) is 5.92 Å². The molecule has 1 aromatic heterocycles. The number of nitrogens with one attached hydrogen (secondary N) is 1. The molecule has 19 heavy (non-hydrogen) atoms. The smallest absolute Gasteiger partial charge is 0.347 e. The summed E-state index contributed by atoms with van der Waals surface area (Å²) in [6.45, 7) is -0.691. The predicted octanol–water partition coefficient (Wildman–Crippen LogP) is -2.48. The van der Waals surface area contributed by atoms with Gasteiger partial charge in [0.15, 0.2) is 0 Å². The lowest BCUT2D eigenvalue weighted by Gasteiger charge is -2.22. The number of terminal acetylenes is 1. The van der Waals surface area contributed by atoms with E-state index in [2.05, 4.69) is 5.10 Å². The Kier molecular flexibility index (Phi) is 3.23. The molecule has 3 N–H and O–H groups in total. The van der Waals surface area contributed by atoms with E-state index in [0.29, 0.717) is 4.68 Å². The van der Waals surface area contributed by atoms with Gasteiger partial charge in [0.1, 0.15) is 18.4 Å². The highest BCUT2D eigenvalue weighted by Gasteiger charge is 2.58. The Hall–Kier alpha value is -2.02. The lowest BCUT2D eigenvalue weighted by molar-refractivity contribution is -0.0611. The van der Waals surface area contributed by atoms with Crippen molar-refractivity contribution in [3.8, 4) is 12.3 Å². The van der Waals surface area contributed by atoms with Crippen molar-refractivity contribution in [3.05, 3.63) is 27.0 Å². The molecule has 2 heterocycles. The minimum absolute atomic E-state index is 0.472. The topological polar surface area (TPSA) is 117 Å². The van der Waals surface area contributed by atoms with E-state index in [-0.39, 0.29) is 0 Å². The minimum atomic E-state index is -2.75. The van der Waals surface area contributed by atoms with Gasteiger partial charge in [0, 0.05) is 0 Å². The van der Waals surface area contributed by atoms with Crippen LogP contribution in [0.1, 0.15) is 6.23 Å². The van der Waals surface area contributed by atoms with Gasteiger partial charge in [0.05, 0.1) is 6.61 Å². The maximum absolute atomic E-state index is 14.5. The van der Waals surface area contributed by atoms with Crippen molar-refractivity contribution in [1.82, 2.24) is 14.8 Å². The van der Waals surface area contributed by atoms with E-state index in [9.17, 15) is 19.1 Å². The second-order valence-corrected chi connectivity index (χ2v) is 3.95. The van der Waals surface area contributed by atoms with Crippen LogP contribution >= 0.6 is 0 Å². The van der Waals surface area contributed by atoms with Gasteiger partial charge in [-0.2, -0.15) is 9.78 Å². The summed E-state index contributed by atoms with van der Waals surface area (Å²) >= 11 is 0. The van der Waals surface area contributed by atoms with E-state index in [0.717, 1.165) is 6.20 Å². The van der Waals surface area contributed by atoms with Crippen molar-refractivity contribution in [1.29, 1.82) is 0 Å². The Morgan fingerprint density at radius 3 is 2.89 bits per heavy atom. The third-order valence-corrected chi connectivity index (χ3v) is 2.81. The Morgan fingerprint density at radius 1 is 1.68 bits per heavy atom. The molecule has 1 saturated heterocycles. The van der Waals surface area contributed by atoms with Crippen LogP contribution < -0.4 is 11.2 Å². The first-order chi connectivity index (χ1) is 8.93. The molecule has 1 aromatic rings. The standard InChI is InChI=1S/C10H10FN3O5/c1-2-10(11)7(17)5(4-15)19-8(10)14-9(18)13-6(16)3-12-14/h1,3,5,7-8,15,17H,4H2,(H,13,16,18)/t5-,7?,8-,10?/m1/s1. The van der Waals surface area contributed by atoms with Gasteiger partial charge in [-0.15, -0.1) is 6.42 Å². The van der Waals surface area contributed by atoms with Gasteiger partial charge in [0.2, 0.25) is 11.9 Å². The summed E-state index contributed by atoms with van der Waals surface area (Å²) in [4.78, 5) is 24.3. The number of aromatic amines is 1. The number of hydrogen-bond donors (Lipinski definition) is 3. The summed E-state index contributed by atoms with van der Waals surface area (Å²) < 4.78 is 20.0. The summed E-state index contributed by atoms with van der Waals surface area (Å²) in [7, 11) is 0. The number of hydrogen-bond acceptors (Lipinski definition) is 6. The van der Waals surface area contributed by atoms with E-state index in [4.69, 9.17) is 16.3 Å². The highest BCUT2D eigenvalue weighted by atomic mass is 19.1. The molecule has 0 spiro atoms. The van der Waals surface area contributed by atoms with Crippen LogP contribution in [0.5, 0.6) is 0 Å². The molecule has 1 aliphatic heterocycles. The third kappa shape index (κ3) is 1.95. The summed E-state index contributed by atoms with van der Waals surface area (Å²) in [5.74, 6) is 1.70. The zero-order chi connectivity index (χ0) is 14.2. The first-order valence-electron chi connectivity index (χ1n) is 5.23. The fourth-order valence-corrected chi connectivity index (χ4v) is 1.82. The molecular weight excluding hydrogens is 261 g/mol. The average Bonchev–Trinajstić information content (AvgIpc) is 2.63. The fourth-order valence-electron chi connectivity index (χ4n) is 1.82. The molecule has 0 aliphatic carbocycles. The van der Waals surface area contributed by atoms with Crippen molar-refractivity contribution in [2.24, 2.45) is 0 Å². The molecule has 0 amide bonds. The maximum Gasteiger partial charge on any atom is 0.347 e. The van der Waals surface area contributed by atoms with Gasteiger partial charge < -0.3 is 14.9 Å². The second-order valence-electron chi connectivity index (χ2n) is 3.95. The SMILES string of the molecule is C#CC1(F)C(O)[C@@H](CO)O[C@H]1n1ncc(=O)[nH]c1=O. The molecule has 4 atom stereocenters. The third-order valence-electron chi connectivity index (χ3n) is 2.81. The molecule has 9 heteroatoms. The van der Waals surface area contributed by atoms with Gasteiger partial charge in [-0.25, -0.2) is 9.18 Å². The van der Waals surface area contributed by atoms with Crippen LogP contribution in [0.3, 0.4) is 0 Å². The normalized spacial score (nSPS) is 34.1. The zero-order valence-corrected chi connectivity index (χ0v) is 9.49. The summed E-state index contributed by atoms with van der Waals surface area (Å²) in [6.07, 6.45) is 0.891. The van der Waals surface area contributed by atoms with Crippen LogP contribution in [0.4, 0.5) is 4.39 Å². The summed E-state index contributed by atoms with van der Waals surface area (Å²) in [5.41, 5.74) is -4.56. The number of aromatic nitrogens is 3. The Bertz CT molecular complexity index is 635. The molecule has 102 valence electrons. The number of alkyl halides is 1. The molecular formula is C10H10FN3O5. The first kappa shape index (κ1) is 13.4. The van der Waals surface area contributed by atoms with E-state index in [1.807, 2.05) is 4.98 Å². The highest BCUT2D eigenvalue weighted by Crippen LogP contribution is 2.39. The van der Waals surface area contributed by atoms with Crippen LogP contribution in [0.15, 0.2) is 15.8 Å².